The first-order valence-electron chi connectivity index (χ1n) is 5.17. The maximum Gasteiger partial charge on any atom is 0.196 e. The summed E-state index contributed by atoms with van der Waals surface area (Å²) in [7, 11) is 0. The molecule has 4 N–H and O–H groups in total. The van der Waals surface area contributed by atoms with Crippen molar-refractivity contribution in [3.63, 3.8) is 0 Å². The van der Waals surface area contributed by atoms with E-state index in [-0.39, 0.29) is 0 Å². The topological polar surface area (TPSA) is 102 Å². The van der Waals surface area contributed by atoms with Crippen LogP contribution in [0, 0.1) is 18.3 Å². The molecule has 0 bridgehead atoms. The quantitative estimate of drug-likeness (QED) is 0.797. The van der Waals surface area contributed by atoms with Crippen LogP contribution < -0.4 is 11.5 Å². The van der Waals surface area contributed by atoms with Crippen molar-refractivity contribution in [3.8, 4) is 6.07 Å². The lowest BCUT2D eigenvalue weighted by Gasteiger charge is -2.04. The van der Waals surface area contributed by atoms with Crippen molar-refractivity contribution in [1.29, 1.82) is 5.26 Å². The molecule has 0 saturated carbocycles. The second-order valence-corrected chi connectivity index (χ2v) is 4.73. The van der Waals surface area contributed by atoms with Gasteiger partial charge in [-0.1, -0.05) is 0 Å². The fraction of sp³-hybridized carbons (Fsp3) is 0.0833. The van der Waals surface area contributed by atoms with Gasteiger partial charge in [0.25, 0.3) is 0 Å². The first-order valence-corrected chi connectivity index (χ1v) is 5.99. The lowest BCUT2D eigenvalue weighted by Crippen LogP contribution is -1.99. The van der Waals surface area contributed by atoms with Crippen LogP contribution in [-0.4, -0.2) is 9.97 Å². The summed E-state index contributed by atoms with van der Waals surface area (Å²) < 4.78 is 0. The van der Waals surface area contributed by atoms with Crippen LogP contribution in [0.5, 0.6) is 0 Å². The van der Waals surface area contributed by atoms with Crippen LogP contribution >= 0.6 is 11.8 Å². The third-order valence-electron chi connectivity index (χ3n) is 2.27. The van der Waals surface area contributed by atoms with E-state index in [1.54, 1.807) is 6.07 Å². The lowest BCUT2D eigenvalue weighted by atomic mass is 10.1. The van der Waals surface area contributed by atoms with Gasteiger partial charge in [0.2, 0.25) is 0 Å². The van der Waals surface area contributed by atoms with Gasteiger partial charge in [0.1, 0.15) is 11.6 Å². The first-order chi connectivity index (χ1) is 8.58. The smallest absolute Gasteiger partial charge is 0.196 e. The fourth-order valence-corrected chi connectivity index (χ4v) is 2.32. The van der Waals surface area contributed by atoms with Gasteiger partial charge in [-0.15, -0.1) is 0 Å². The summed E-state index contributed by atoms with van der Waals surface area (Å²) in [5, 5.41) is 9.35. The number of rotatable bonds is 2. The predicted molar refractivity (Wildman–Crippen MR) is 70.9 cm³/mol. The number of aromatic nitrogens is 2. The molecular formula is C12H11N5S. The van der Waals surface area contributed by atoms with Crippen molar-refractivity contribution >= 4 is 23.4 Å². The highest BCUT2D eigenvalue weighted by Crippen LogP contribution is 2.27. The molecule has 0 aliphatic heterocycles. The van der Waals surface area contributed by atoms with Gasteiger partial charge < -0.3 is 11.5 Å². The Hall–Kier alpha value is -2.26. The number of nitrogens with zero attached hydrogens (tertiary/aromatic N) is 3. The number of benzene rings is 1. The molecule has 90 valence electrons. The van der Waals surface area contributed by atoms with Crippen molar-refractivity contribution in [2.24, 2.45) is 0 Å². The molecule has 0 saturated heterocycles. The van der Waals surface area contributed by atoms with E-state index in [0.29, 0.717) is 22.4 Å². The summed E-state index contributed by atoms with van der Waals surface area (Å²) in [4.78, 5) is 9.11. The van der Waals surface area contributed by atoms with Crippen LogP contribution in [-0.2, 0) is 0 Å². The molecule has 1 heterocycles. The first kappa shape index (κ1) is 12.2. The molecule has 1 aromatic carbocycles. The standard InChI is InChI=1S/C12H11N5S/c1-7-4-9(3-2-8(7)6-13)18-12-16-10(14)5-11(15)17-12/h2-5H,1H3,(H4,14,15,16,17). The summed E-state index contributed by atoms with van der Waals surface area (Å²) >= 11 is 1.36. The summed E-state index contributed by atoms with van der Waals surface area (Å²) in [6, 6.07) is 9.16. The number of nitrogen functional groups attached to an aromatic ring is 2. The van der Waals surface area contributed by atoms with Crippen molar-refractivity contribution in [2.45, 2.75) is 17.0 Å². The van der Waals surface area contributed by atoms with Gasteiger partial charge in [-0.25, -0.2) is 9.97 Å². The Labute approximate surface area is 109 Å². The summed E-state index contributed by atoms with van der Waals surface area (Å²) in [5.74, 6) is 0.686. The minimum absolute atomic E-state index is 0.343. The zero-order valence-corrected chi connectivity index (χ0v) is 10.5. The number of nitriles is 1. The van der Waals surface area contributed by atoms with Gasteiger partial charge in [-0.05, 0) is 42.4 Å². The fourth-order valence-electron chi connectivity index (χ4n) is 1.44. The second-order valence-electron chi connectivity index (χ2n) is 3.69. The van der Waals surface area contributed by atoms with Crippen molar-refractivity contribution in [1.82, 2.24) is 9.97 Å². The average molecular weight is 257 g/mol. The molecule has 0 aliphatic carbocycles. The molecule has 0 radical (unpaired) electrons. The number of hydrogen-bond acceptors (Lipinski definition) is 6. The van der Waals surface area contributed by atoms with Gasteiger partial charge in [0.05, 0.1) is 11.6 Å². The van der Waals surface area contributed by atoms with Gasteiger partial charge in [-0.2, -0.15) is 5.26 Å². The summed E-state index contributed by atoms with van der Waals surface area (Å²) in [6.07, 6.45) is 0. The predicted octanol–water partition coefficient (Wildman–Crippen LogP) is 1.97. The molecule has 0 unspecified atom stereocenters. The number of nitrogens with two attached hydrogens (primary N) is 2. The Morgan fingerprint density at radius 2 is 1.83 bits per heavy atom. The SMILES string of the molecule is Cc1cc(Sc2nc(N)cc(N)n2)ccc1C#N. The highest BCUT2D eigenvalue weighted by atomic mass is 32.2. The molecule has 0 aliphatic rings. The van der Waals surface area contributed by atoms with E-state index in [0.717, 1.165) is 10.5 Å². The average Bonchev–Trinajstić information content (AvgIpc) is 2.27. The molecule has 1 aromatic heterocycles. The molecule has 2 aromatic rings. The molecule has 18 heavy (non-hydrogen) atoms. The van der Waals surface area contributed by atoms with Crippen LogP contribution in [0.2, 0.25) is 0 Å². The monoisotopic (exact) mass is 257 g/mol. The minimum Gasteiger partial charge on any atom is -0.383 e. The molecule has 0 atom stereocenters. The van der Waals surface area contributed by atoms with Gasteiger partial charge >= 0.3 is 0 Å². The van der Waals surface area contributed by atoms with E-state index in [1.165, 1.54) is 17.8 Å². The normalized spacial score (nSPS) is 10.0. The second kappa shape index (κ2) is 4.94. The van der Waals surface area contributed by atoms with Crippen LogP contribution in [0.15, 0.2) is 34.3 Å². The van der Waals surface area contributed by atoms with Crippen LogP contribution in [0.25, 0.3) is 0 Å². The third kappa shape index (κ3) is 2.70. The van der Waals surface area contributed by atoms with Crippen molar-refractivity contribution in [2.75, 3.05) is 11.5 Å². The van der Waals surface area contributed by atoms with E-state index in [4.69, 9.17) is 16.7 Å². The maximum absolute atomic E-state index is 8.86. The molecular weight excluding hydrogens is 246 g/mol. The van der Waals surface area contributed by atoms with Crippen LogP contribution in [0.3, 0.4) is 0 Å². The third-order valence-corrected chi connectivity index (χ3v) is 3.13. The van der Waals surface area contributed by atoms with Gasteiger partial charge in [-0.3, -0.25) is 0 Å². The number of anilines is 2. The molecule has 5 nitrogen and oxygen atoms in total. The minimum atomic E-state index is 0.343. The van der Waals surface area contributed by atoms with E-state index >= 15 is 0 Å². The number of hydrogen-bond donors (Lipinski definition) is 2. The Bertz CT molecular complexity index is 613. The zero-order chi connectivity index (χ0) is 13.1. The zero-order valence-electron chi connectivity index (χ0n) is 9.71. The Morgan fingerprint density at radius 3 is 2.39 bits per heavy atom. The Balaban J connectivity index is 2.29. The van der Waals surface area contributed by atoms with Crippen molar-refractivity contribution < 1.29 is 0 Å². The molecule has 6 heteroatoms. The van der Waals surface area contributed by atoms with E-state index in [1.807, 2.05) is 19.1 Å². The Morgan fingerprint density at radius 1 is 1.17 bits per heavy atom. The van der Waals surface area contributed by atoms with E-state index in [2.05, 4.69) is 16.0 Å². The lowest BCUT2D eigenvalue weighted by molar-refractivity contribution is 0.984. The van der Waals surface area contributed by atoms with Crippen molar-refractivity contribution in [3.05, 3.63) is 35.4 Å². The van der Waals surface area contributed by atoms with Gasteiger partial charge in [0, 0.05) is 11.0 Å². The molecule has 0 spiro atoms. The van der Waals surface area contributed by atoms with Gasteiger partial charge in [0.15, 0.2) is 5.16 Å². The van der Waals surface area contributed by atoms with E-state index < -0.39 is 0 Å². The molecule has 2 rings (SSSR count). The summed E-state index contributed by atoms with van der Waals surface area (Å²) in [5.41, 5.74) is 12.8. The highest BCUT2D eigenvalue weighted by Gasteiger charge is 2.05. The summed E-state index contributed by atoms with van der Waals surface area (Å²) in [6.45, 7) is 1.89. The highest BCUT2D eigenvalue weighted by molar-refractivity contribution is 7.99. The van der Waals surface area contributed by atoms with E-state index in [9.17, 15) is 0 Å². The van der Waals surface area contributed by atoms with Crippen LogP contribution in [0.1, 0.15) is 11.1 Å². The largest absolute Gasteiger partial charge is 0.383 e. The molecule has 0 amide bonds. The maximum atomic E-state index is 8.86. The Kier molecular flexibility index (Phi) is 3.35. The number of aryl methyl sites for hydroxylation is 1. The molecule has 0 fully saturated rings. The van der Waals surface area contributed by atoms with Crippen LogP contribution in [0.4, 0.5) is 11.6 Å².